The third-order valence-corrected chi connectivity index (χ3v) is 3.96. The van der Waals surface area contributed by atoms with Crippen LogP contribution in [0.2, 0.25) is 0 Å². The molecule has 2 N–H and O–H groups in total. The van der Waals surface area contributed by atoms with Crippen LogP contribution in [0.1, 0.15) is 17.4 Å². The first-order valence-corrected chi connectivity index (χ1v) is 7.81. The molecule has 0 atom stereocenters. The van der Waals surface area contributed by atoms with Crippen molar-refractivity contribution in [1.29, 1.82) is 0 Å². The molecule has 0 spiro atoms. The molecule has 0 saturated carbocycles. The van der Waals surface area contributed by atoms with Crippen LogP contribution in [0.5, 0.6) is 5.75 Å². The van der Waals surface area contributed by atoms with Gasteiger partial charge in [0, 0.05) is 30.7 Å². The summed E-state index contributed by atoms with van der Waals surface area (Å²) in [6, 6.07) is 14.5. The van der Waals surface area contributed by atoms with E-state index in [2.05, 4.69) is 10.6 Å². The standard InChI is InChI=1S/C19H19N3O3/c1-12(23)20-13-7-9-14(10-8-13)21-19(24)17-11-15-16(22(17)2)5-4-6-18(15)25-3/h4-11H,1-3H3,(H,20,23)(H,21,24). The molecule has 25 heavy (non-hydrogen) atoms. The number of anilines is 2. The monoisotopic (exact) mass is 337 g/mol. The highest BCUT2D eigenvalue weighted by Crippen LogP contribution is 2.28. The zero-order valence-corrected chi connectivity index (χ0v) is 14.3. The zero-order valence-electron chi connectivity index (χ0n) is 14.3. The normalized spacial score (nSPS) is 10.5. The molecule has 3 rings (SSSR count). The van der Waals surface area contributed by atoms with E-state index in [9.17, 15) is 9.59 Å². The number of carbonyl (C=O) groups is 2. The Balaban J connectivity index is 1.85. The number of hydrogen-bond acceptors (Lipinski definition) is 3. The SMILES string of the molecule is COc1cccc2c1cc(C(=O)Nc1ccc(NC(C)=O)cc1)n2C. The average molecular weight is 337 g/mol. The van der Waals surface area contributed by atoms with Crippen LogP contribution in [0.4, 0.5) is 11.4 Å². The van der Waals surface area contributed by atoms with Crippen LogP contribution in [0.25, 0.3) is 10.9 Å². The number of hydrogen-bond donors (Lipinski definition) is 2. The van der Waals surface area contributed by atoms with Gasteiger partial charge in [0.15, 0.2) is 0 Å². The molecule has 0 aliphatic rings. The Kier molecular flexibility index (Phi) is 4.43. The largest absolute Gasteiger partial charge is 0.496 e. The first kappa shape index (κ1) is 16.6. The van der Waals surface area contributed by atoms with Gasteiger partial charge in [0.1, 0.15) is 11.4 Å². The number of ether oxygens (including phenoxy) is 1. The van der Waals surface area contributed by atoms with Crippen molar-refractivity contribution >= 4 is 34.1 Å². The van der Waals surface area contributed by atoms with Gasteiger partial charge in [-0.25, -0.2) is 0 Å². The van der Waals surface area contributed by atoms with Crippen molar-refractivity contribution in [3.63, 3.8) is 0 Å². The fourth-order valence-corrected chi connectivity index (χ4v) is 2.76. The maximum Gasteiger partial charge on any atom is 0.272 e. The highest BCUT2D eigenvalue weighted by atomic mass is 16.5. The van der Waals surface area contributed by atoms with E-state index >= 15 is 0 Å². The zero-order chi connectivity index (χ0) is 18.0. The van der Waals surface area contributed by atoms with Crippen molar-refractivity contribution < 1.29 is 14.3 Å². The molecule has 1 heterocycles. The summed E-state index contributed by atoms with van der Waals surface area (Å²) in [6.45, 7) is 1.45. The van der Waals surface area contributed by atoms with E-state index in [-0.39, 0.29) is 11.8 Å². The summed E-state index contributed by atoms with van der Waals surface area (Å²) in [5.41, 5.74) is 2.78. The molecular weight excluding hydrogens is 318 g/mol. The summed E-state index contributed by atoms with van der Waals surface area (Å²) in [7, 11) is 3.45. The predicted molar refractivity (Wildman–Crippen MR) is 98.2 cm³/mol. The predicted octanol–water partition coefficient (Wildman–Crippen LogP) is 3.40. The fraction of sp³-hybridized carbons (Fsp3) is 0.158. The number of rotatable bonds is 4. The lowest BCUT2D eigenvalue weighted by Gasteiger charge is -2.08. The summed E-state index contributed by atoms with van der Waals surface area (Å²) in [4.78, 5) is 23.7. The topological polar surface area (TPSA) is 72.4 Å². The van der Waals surface area contributed by atoms with Crippen molar-refractivity contribution in [2.75, 3.05) is 17.7 Å². The van der Waals surface area contributed by atoms with E-state index in [1.807, 2.05) is 35.9 Å². The average Bonchev–Trinajstić information content (AvgIpc) is 2.93. The lowest BCUT2D eigenvalue weighted by Crippen LogP contribution is -2.15. The minimum atomic E-state index is -0.215. The number of nitrogens with one attached hydrogen (secondary N) is 2. The summed E-state index contributed by atoms with van der Waals surface area (Å²) >= 11 is 0. The summed E-state index contributed by atoms with van der Waals surface area (Å²) in [5.74, 6) is 0.376. The molecule has 6 heteroatoms. The lowest BCUT2D eigenvalue weighted by molar-refractivity contribution is -0.114. The number of aromatic nitrogens is 1. The second-order valence-electron chi connectivity index (χ2n) is 5.69. The minimum Gasteiger partial charge on any atom is -0.496 e. The number of fused-ring (bicyclic) bond motifs is 1. The highest BCUT2D eigenvalue weighted by molar-refractivity contribution is 6.07. The van der Waals surface area contributed by atoms with Gasteiger partial charge in [-0.2, -0.15) is 0 Å². The van der Waals surface area contributed by atoms with Crippen molar-refractivity contribution in [3.05, 3.63) is 54.2 Å². The quantitative estimate of drug-likeness (QED) is 0.766. The van der Waals surface area contributed by atoms with Crippen molar-refractivity contribution in [2.45, 2.75) is 6.92 Å². The van der Waals surface area contributed by atoms with Crippen LogP contribution in [-0.4, -0.2) is 23.5 Å². The molecule has 6 nitrogen and oxygen atoms in total. The molecule has 0 bridgehead atoms. The minimum absolute atomic E-state index is 0.138. The third kappa shape index (κ3) is 3.33. The fourth-order valence-electron chi connectivity index (χ4n) is 2.76. The number of aryl methyl sites for hydroxylation is 1. The smallest absolute Gasteiger partial charge is 0.272 e. The van der Waals surface area contributed by atoms with Gasteiger partial charge in [-0.15, -0.1) is 0 Å². The van der Waals surface area contributed by atoms with E-state index in [0.717, 1.165) is 16.7 Å². The van der Waals surface area contributed by atoms with Crippen molar-refractivity contribution in [3.8, 4) is 5.75 Å². The van der Waals surface area contributed by atoms with Crippen LogP contribution in [0.15, 0.2) is 48.5 Å². The number of nitrogens with zero attached hydrogens (tertiary/aromatic N) is 1. The number of carbonyl (C=O) groups excluding carboxylic acids is 2. The molecule has 0 saturated heterocycles. The first-order chi connectivity index (χ1) is 12.0. The molecule has 0 unspecified atom stereocenters. The van der Waals surface area contributed by atoms with Crippen LogP contribution < -0.4 is 15.4 Å². The molecule has 2 aromatic carbocycles. The Bertz CT molecular complexity index is 942. The van der Waals surface area contributed by atoms with Gasteiger partial charge >= 0.3 is 0 Å². The molecule has 2 amide bonds. The maximum absolute atomic E-state index is 12.6. The Morgan fingerprint density at radius 1 is 1.00 bits per heavy atom. The van der Waals surface area contributed by atoms with Gasteiger partial charge in [-0.3, -0.25) is 9.59 Å². The van der Waals surface area contributed by atoms with Gasteiger partial charge in [-0.05, 0) is 42.5 Å². The van der Waals surface area contributed by atoms with Crippen molar-refractivity contribution in [1.82, 2.24) is 4.57 Å². The van der Waals surface area contributed by atoms with E-state index in [1.165, 1.54) is 6.92 Å². The molecule has 0 aliphatic heterocycles. The number of amides is 2. The van der Waals surface area contributed by atoms with Gasteiger partial charge < -0.3 is 19.9 Å². The molecule has 3 aromatic rings. The first-order valence-electron chi connectivity index (χ1n) is 7.81. The molecule has 1 aromatic heterocycles. The number of benzene rings is 2. The van der Waals surface area contributed by atoms with E-state index in [1.54, 1.807) is 31.4 Å². The van der Waals surface area contributed by atoms with Gasteiger partial charge in [0.2, 0.25) is 5.91 Å². The summed E-state index contributed by atoms with van der Waals surface area (Å²) in [5, 5.41) is 6.44. The van der Waals surface area contributed by atoms with Gasteiger partial charge in [-0.1, -0.05) is 6.07 Å². The van der Waals surface area contributed by atoms with Gasteiger partial charge in [0.05, 0.1) is 12.6 Å². The molecule has 128 valence electrons. The van der Waals surface area contributed by atoms with Crippen molar-refractivity contribution in [2.24, 2.45) is 7.05 Å². The highest BCUT2D eigenvalue weighted by Gasteiger charge is 2.15. The molecular formula is C19H19N3O3. The Morgan fingerprint density at radius 3 is 2.24 bits per heavy atom. The Labute approximate surface area is 145 Å². The maximum atomic E-state index is 12.6. The van der Waals surface area contributed by atoms with Crippen LogP contribution in [0, 0.1) is 0 Å². The second-order valence-corrected chi connectivity index (χ2v) is 5.69. The van der Waals surface area contributed by atoms with E-state index < -0.39 is 0 Å². The Hall–Kier alpha value is -3.28. The van der Waals surface area contributed by atoms with E-state index in [0.29, 0.717) is 17.1 Å². The Morgan fingerprint density at radius 2 is 1.64 bits per heavy atom. The number of methoxy groups -OCH3 is 1. The second kappa shape index (κ2) is 6.68. The molecule has 0 fully saturated rings. The third-order valence-electron chi connectivity index (χ3n) is 3.96. The summed E-state index contributed by atoms with van der Waals surface area (Å²) < 4.78 is 7.19. The lowest BCUT2D eigenvalue weighted by atomic mass is 10.2. The van der Waals surface area contributed by atoms with Crippen LogP contribution in [-0.2, 0) is 11.8 Å². The van der Waals surface area contributed by atoms with E-state index in [4.69, 9.17) is 4.74 Å². The molecule has 0 radical (unpaired) electrons. The molecule has 0 aliphatic carbocycles. The van der Waals surface area contributed by atoms with Gasteiger partial charge in [0.25, 0.3) is 5.91 Å². The van der Waals surface area contributed by atoms with Crippen LogP contribution >= 0.6 is 0 Å². The summed E-state index contributed by atoms with van der Waals surface area (Å²) in [6.07, 6.45) is 0. The van der Waals surface area contributed by atoms with Crippen LogP contribution in [0.3, 0.4) is 0 Å².